The molecule has 1 aliphatic carbocycles. The average Bonchev–Trinajstić information content (AvgIpc) is 3.20. The number of hydrogen-bond donors (Lipinski definition) is 1. The number of hydrogen-bond acceptors (Lipinski definition) is 5. The van der Waals surface area contributed by atoms with Crippen LogP contribution in [0, 0.1) is 10.1 Å². The molecule has 0 bridgehead atoms. The van der Waals surface area contributed by atoms with Gasteiger partial charge in [-0.2, -0.15) is 0 Å². The van der Waals surface area contributed by atoms with Crippen molar-refractivity contribution in [3.63, 3.8) is 0 Å². The van der Waals surface area contributed by atoms with E-state index in [-0.39, 0.29) is 11.3 Å². The molecule has 1 aliphatic heterocycles. The summed E-state index contributed by atoms with van der Waals surface area (Å²) in [5.74, 6) is 0.280. The van der Waals surface area contributed by atoms with Crippen molar-refractivity contribution in [2.75, 3.05) is 5.32 Å². The van der Waals surface area contributed by atoms with Gasteiger partial charge in [0.15, 0.2) is 11.5 Å². The summed E-state index contributed by atoms with van der Waals surface area (Å²) in [6.45, 7) is 0. The Morgan fingerprint density at radius 3 is 2.58 bits per heavy atom. The minimum Gasteiger partial charge on any atom is -0.448 e. The van der Waals surface area contributed by atoms with Crippen LogP contribution in [-0.4, -0.2) is 16.6 Å². The van der Waals surface area contributed by atoms with E-state index in [2.05, 4.69) is 21.2 Å². The maximum Gasteiger partial charge on any atom is 0.284 e. The zero-order valence-corrected chi connectivity index (χ0v) is 15.2. The molecule has 2 aromatic carbocycles. The minimum absolute atomic E-state index is 0.161. The number of carbonyl (C=O) groups excluding carboxylic acids is 1. The quantitative estimate of drug-likeness (QED) is 0.578. The predicted octanol–water partition coefficient (Wildman–Crippen LogP) is 4.65. The first-order valence-electron chi connectivity index (χ1n) is 8.23. The standard InChI is InChI=1S/C18H15BrN2O5/c19-13-5-3-11(9-14(13)21(23)24)17(22)20-12-4-6-15-16(10-12)26-18(25-15)7-1-2-8-18/h3-6,9-10H,1-2,7-8H2,(H,20,22). The molecular formula is C18H15BrN2O5. The number of halogens is 1. The Bertz CT molecular complexity index is 908. The smallest absolute Gasteiger partial charge is 0.284 e. The van der Waals surface area contributed by atoms with Gasteiger partial charge in [0.1, 0.15) is 0 Å². The van der Waals surface area contributed by atoms with E-state index in [4.69, 9.17) is 9.47 Å². The molecule has 134 valence electrons. The minimum atomic E-state index is -0.558. The largest absolute Gasteiger partial charge is 0.448 e. The van der Waals surface area contributed by atoms with Crippen molar-refractivity contribution in [2.24, 2.45) is 0 Å². The summed E-state index contributed by atoms with van der Waals surface area (Å²) in [6, 6.07) is 9.44. The lowest BCUT2D eigenvalue weighted by atomic mass is 10.2. The molecule has 0 aromatic heterocycles. The third kappa shape index (κ3) is 3.01. The van der Waals surface area contributed by atoms with Crippen molar-refractivity contribution in [1.82, 2.24) is 0 Å². The Kier molecular flexibility index (Phi) is 4.07. The molecule has 0 atom stereocenters. The normalized spacial score (nSPS) is 16.7. The number of rotatable bonds is 3. The maximum absolute atomic E-state index is 12.4. The second-order valence-electron chi connectivity index (χ2n) is 6.36. The highest BCUT2D eigenvalue weighted by Gasteiger charge is 2.44. The first kappa shape index (κ1) is 16.8. The molecule has 7 nitrogen and oxygen atoms in total. The van der Waals surface area contributed by atoms with Crippen LogP contribution in [0.15, 0.2) is 40.9 Å². The lowest BCUT2D eigenvalue weighted by Crippen LogP contribution is -2.34. The second kappa shape index (κ2) is 6.28. The summed E-state index contributed by atoms with van der Waals surface area (Å²) < 4.78 is 12.2. The number of nitrogens with one attached hydrogen (secondary N) is 1. The van der Waals surface area contributed by atoms with Crippen LogP contribution in [0.25, 0.3) is 0 Å². The molecule has 1 spiro atoms. The Morgan fingerprint density at radius 2 is 1.85 bits per heavy atom. The number of nitrogens with zero attached hydrogens (tertiary/aromatic N) is 1. The van der Waals surface area contributed by atoms with E-state index in [9.17, 15) is 14.9 Å². The van der Waals surface area contributed by atoms with Crippen LogP contribution in [0.2, 0.25) is 0 Å². The van der Waals surface area contributed by atoms with Gasteiger partial charge in [-0.25, -0.2) is 0 Å². The van der Waals surface area contributed by atoms with Gasteiger partial charge in [-0.3, -0.25) is 14.9 Å². The van der Waals surface area contributed by atoms with Gasteiger partial charge in [-0.05, 0) is 53.0 Å². The van der Waals surface area contributed by atoms with E-state index in [1.54, 1.807) is 18.2 Å². The van der Waals surface area contributed by atoms with Gasteiger partial charge in [0, 0.05) is 36.2 Å². The first-order chi connectivity index (χ1) is 12.5. The highest BCUT2D eigenvalue weighted by Crippen LogP contribution is 2.47. The molecule has 1 amide bonds. The van der Waals surface area contributed by atoms with E-state index in [1.807, 2.05) is 0 Å². The molecule has 8 heteroatoms. The Morgan fingerprint density at radius 1 is 1.12 bits per heavy atom. The molecule has 2 aliphatic rings. The van der Waals surface area contributed by atoms with Crippen LogP contribution in [0.3, 0.4) is 0 Å². The average molecular weight is 419 g/mol. The monoisotopic (exact) mass is 418 g/mol. The van der Waals surface area contributed by atoms with E-state index in [0.29, 0.717) is 21.7 Å². The summed E-state index contributed by atoms with van der Waals surface area (Å²) in [5.41, 5.74) is 0.578. The van der Waals surface area contributed by atoms with Crippen LogP contribution in [0.1, 0.15) is 36.0 Å². The zero-order chi connectivity index (χ0) is 18.3. The van der Waals surface area contributed by atoms with Crippen LogP contribution in [-0.2, 0) is 0 Å². The van der Waals surface area contributed by atoms with E-state index in [0.717, 1.165) is 25.7 Å². The van der Waals surface area contributed by atoms with E-state index in [1.165, 1.54) is 18.2 Å². The summed E-state index contributed by atoms with van der Waals surface area (Å²) in [4.78, 5) is 22.9. The highest BCUT2D eigenvalue weighted by molar-refractivity contribution is 9.10. The molecule has 26 heavy (non-hydrogen) atoms. The third-order valence-corrected chi connectivity index (χ3v) is 5.23. The molecule has 4 rings (SSSR count). The zero-order valence-electron chi connectivity index (χ0n) is 13.7. The van der Waals surface area contributed by atoms with Gasteiger partial charge in [-0.15, -0.1) is 0 Å². The SMILES string of the molecule is O=C(Nc1ccc2c(c1)OC1(CCCC1)O2)c1ccc(Br)c([N+](=O)[O-])c1. The van der Waals surface area contributed by atoms with Crippen LogP contribution in [0.4, 0.5) is 11.4 Å². The number of ether oxygens (including phenoxy) is 2. The van der Waals surface area contributed by atoms with Crippen LogP contribution in [0.5, 0.6) is 11.5 Å². The molecule has 1 N–H and O–H groups in total. The number of benzene rings is 2. The molecule has 1 fully saturated rings. The molecule has 0 unspecified atom stereocenters. The Hall–Kier alpha value is -2.61. The van der Waals surface area contributed by atoms with Gasteiger partial charge in [0.25, 0.3) is 17.4 Å². The highest BCUT2D eigenvalue weighted by atomic mass is 79.9. The number of amides is 1. The number of fused-ring (bicyclic) bond motifs is 1. The molecular weight excluding hydrogens is 404 g/mol. The second-order valence-corrected chi connectivity index (χ2v) is 7.22. The van der Waals surface area contributed by atoms with Gasteiger partial charge < -0.3 is 14.8 Å². The molecule has 0 saturated heterocycles. The van der Waals surface area contributed by atoms with Crippen molar-refractivity contribution < 1.29 is 19.2 Å². The van der Waals surface area contributed by atoms with Crippen molar-refractivity contribution >= 4 is 33.2 Å². The van der Waals surface area contributed by atoms with Crippen LogP contribution >= 0.6 is 15.9 Å². The Labute approximate surface area is 157 Å². The van der Waals surface area contributed by atoms with E-state index >= 15 is 0 Å². The van der Waals surface area contributed by atoms with Gasteiger partial charge >= 0.3 is 0 Å². The predicted molar refractivity (Wildman–Crippen MR) is 97.6 cm³/mol. The lowest BCUT2D eigenvalue weighted by Gasteiger charge is -2.21. The fraction of sp³-hybridized carbons (Fsp3) is 0.278. The van der Waals surface area contributed by atoms with E-state index < -0.39 is 16.6 Å². The summed E-state index contributed by atoms with van der Waals surface area (Å²) in [7, 11) is 0. The lowest BCUT2D eigenvalue weighted by molar-refractivity contribution is -0.385. The fourth-order valence-electron chi connectivity index (χ4n) is 3.29. The summed E-state index contributed by atoms with van der Waals surface area (Å²) in [6.07, 6.45) is 3.84. The van der Waals surface area contributed by atoms with Crippen molar-refractivity contribution in [3.05, 3.63) is 56.5 Å². The molecule has 0 radical (unpaired) electrons. The summed E-state index contributed by atoms with van der Waals surface area (Å²) >= 11 is 3.11. The summed E-state index contributed by atoms with van der Waals surface area (Å²) in [5, 5.41) is 13.8. The van der Waals surface area contributed by atoms with Crippen molar-refractivity contribution in [1.29, 1.82) is 0 Å². The number of nitro groups is 1. The maximum atomic E-state index is 12.4. The number of carbonyl (C=O) groups is 1. The topological polar surface area (TPSA) is 90.7 Å². The first-order valence-corrected chi connectivity index (χ1v) is 9.02. The van der Waals surface area contributed by atoms with Crippen LogP contribution < -0.4 is 14.8 Å². The Balaban J connectivity index is 1.53. The van der Waals surface area contributed by atoms with Gasteiger partial charge in [0.05, 0.1) is 9.40 Å². The van der Waals surface area contributed by atoms with Gasteiger partial charge in [0.2, 0.25) is 0 Å². The number of nitro benzene ring substituents is 1. The number of anilines is 1. The third-order valence-electron chi connectivity index (χ3n) is 4.56. The molecule has 1 saturated carbocycles. The van der Waals surface area contributed by atoms with Crippen molar-refractivity contribution in [3.8, 4) is 11.5 Å². The fourth-order valence-corrected chi connectivity index (χ4v) is 3.68. The molecule has 1 heterocycles. The van der Waals surface area contributed by atoms with Gasteiger partial charge in [-0.1, -0.05) is 0 Å². The molecule has 2 aromatic rings. The van der Waals surface area contributed by atoms with Crippen molar-refractivity contribution in [2.45, 2.75) is 31.5 Å².